The first-order valence-electron chi connectivity index (χ1n) is 3.51. The average Bonchev–Trinajstić information content (AvgIpc) is 1.94. The maximum atomic E-state index is 9.28. The smallest absolute Gasteiger partial charge is 0.0956 e. The molecule has 1 atom stereocenters. The van der Waals surface area contributed by atoms with Crippen LogP contribution in [0.15, 0.2) is 24.0 Å². The molecule has 56 valence electrons. The Kier molecular flexibility index (Phi) is 2.87. The van der Waals surface area contributed by atoms with E-state index in [0.29, 0.717) is 11.7 Å². The number of hydrogen-bond acceptors (Lipinski definition) is 2. The van der Waals surface area contributed by atoms with E-state index in [1.807, 2.05) is 6.08 Å². The molecule has 1 aliphatic rings. The predicted molar refractivity (Wildman–Crippen MR) is 46.4 cm³/mol. The molecule has 0 spiro atoms. The van der Waals surface area contributed by atoms with E-state index in [-0.39, 0.29) is 0 Å². The summed E-state index contributed by atoms with van der Waals surface area (Å²) in [5.74, 6) is 1.68. The molecule has 1 N–H and O–H groups in total. The first-order chi connectivity index (χ1) is 4.84. The largest absolute Gasteiger partial charge is 0.512 e. The van der Waals surface area contributed by atoms with Gasteiger partial charge in [0.25, 0.3) is 0 Å². The van der Waals surface area contributed by atoms with Crippen LogP contribution in [-0.2, 0) is 0 Å². The second-order valence-corrected chi connectivity index (χ2v) is 2.91. The van der Waals surface area contributed by atoms with E-state index < -0.39 is 0 Å². The lowest BCUT2D eigenvalue weighted by molar-refractivity contribution is 0.323. The van der Waals surface area contributed by atoms with E-state index in [0.717, 1.165) is 18.6 Å². The van der Waals surface area contributed by atoms with Crippen LogP contribution >= 0.6 is 12.6 Å². The molecular weight excluding hydrogens is 144 g/mol. The van der Waals surface area contributed by atoms with Crippen molar-refractivity contribution in [3.8, 4) is 0 Å². The molecule has 0 fully saturated rings. The van der Waals surface area contributed by atoms with Crippen LogP contribution in [0.25, 0.3) is 0 Å². The van der Waals surface area contributed by atoms with Crippen molar-refractivity contribution in [3.05, 3.63) is 24.0 Å². The number of hydrogen-bond donors (Lipinski definition) is 2. The highest BCUT2D eigenvalue weighted by Crippen LogP contribution is 2.21. The molecule has 1 nitrogen and oxygen atoms in total. The maximum absolute atomic E-state index is 9.28. The Bertz CT molecular complexity index is 161. The Labute approximate surface area is 66.9 Å². The number of rotatable bonds is 2. The van der Waals surface area contributed by atoms with E-state index in [4.69, 9.17) is 0 Å². The molecule has 0 aromatic heterocycles. The summed E-state index contributed by atoms with van der Waals surface area (Å²) in [5, 5.41) is 9.28. The molecule has 1 aliphatic carbocycles. The fourth-order valence-corrected chi connectivity index (χ4v) is 1.40. The fraction of sp³-hybridized carbons (Fsp3) is 0.500. The van der Waals surface area contributed by atoms with Crippen LogP contribution in [0, 0.1) is 5.92 Å². The van der Waals surface area contributed by atoms with Crippen LogP contribution < -0.4 is 0 Å². The summed E-state index contributed by atoms with van der Waals surface area (Å²) in [6.45, 7) is 0. The van der Waals surface area contributed by atoms with Crippen LogP contribution in [0.3, 0.4) is 0 Å². The Hall–Kier alpha value is -0.370. The zero-order valence-corrected chi connectivity index (χ0v) is 6.72. The van der Waals surface area contributed by atoms with Crippen molar-refractivity contribution < 1.29 is 5.11 Å². The molecule has 10 heavy (non-hydrogen) atoms. The van der Waals surface area contributed by atoms with Gasteiger partial charge in [-0.3, -0.25) is 0 Å². The van der Waals surface area contributed by atoms with Gasteiger partial charge in [0.05, 0.1) is 5.76 Å². The van der Waals surface area contributed by atoms with Gasteiger partial charge in [-0.05, 0) is 24.7 Å². The lowest BCUT2D eigenvalue weighted by Gasteiger charge is -2.14. The summed E-state index contributed by atoms with van der Waals surface area (Å²) < 4.78 is 0. The molecule has 0 radical (unpaired) electrons. The second-order valence-electron chi connectivity index (χ2n) is 2.46. The lowest BCUT2D eigenvalue weighted by Crippen LogP contribution is -2.05. The van der Waals surface area contributed by atoms with Crippen molar-refractivity contribution in [2.24, 2.45) is 5.92 Å². The molecule has 1 rings (SSSR count). The number of aliphatic hydroxyl groups is 1. The topological polar surface area (TPSA) is 20.2 Å². The van der Waals surface area contributed by atoms with E-state index in [9.17, 15) is 5.11 Å². The van der Waals surface area contributed by atoms with Crippen molar-refractivity contribution in [3.63, 3.8) is 0 Å². The van der Waals surface area contributed by atoms with Gasteiger partial charge in [0.2, 0.25) is 0 Å². The molecule has 0 aliphatic heterocycles. The van der Waals surface area contributed by atoms with Crippen molar-refractivity contribution in [2.45, 2.75) is 12.8 Å². The Balaban J connectivity index is 2.47. The van der Waals surface area contributed by atoms with Crippen molar-refractivity contribution in [2.75, 3.05) is 5.75 Å². The van der Waals surface area contributed by atoms with Crippen molar-refractivity contribution in [1.82, 2.24) is 0 Å². The molecule has 0 heterocycles. The van der Waals surface area contributed by atoms with E-state index in [2.05, 4.69) is 18.7 Å². The summed E-state index contributed by atoms with van der Waals surface area (Å²) >= 11 is 4.11. The van der Waals surface area contributed by atoms with Crippen LogP contribution in [-0.4, -0.2) is 10.9 Å². The van der Waals surface area contributed by atoms with E-state index in [1.54, 1.807) is 6.08 Å². The number of thiol groups is 1. The van der Waals surface area contributed by atoms with E-state index in [1.165, 1.54) is 0 Å². The van der Waals surface area contributed by atoms with Crippen LogP contribution in [0.4, 0.5) is 0 Å². The molecule has 0 aromatic rings. The van der Waals surface area contributed by atoms with Crippen molar-refractivity contribution in [1.29, 1.82) is 0 Å². The van der Waals surface area contributed by atoms with Crippen LogP contribution in [0.2, 0.25) is 0 Å². The highest BCUT2D eigenvalue weighted by molar-refractivity contribution is 7.80. The number of aliphatic hydroxyl groups excluding tert-OH is 1. The van der Waals surface area contributed by atoms with Gasteiger partial charge in [-0.2, -0.15) is 12.6 Å². The van der Waals surface area contributed by atoms with Gasteiger partial charge >= 0.3 is 0 Å². The van der Waals surface area contributed by atoms with Gasteiger partial charge in [-0.15, -0.1) is 0 Å². The maximum Gasteiger partial charge on any atom is 0.0956 e. The van der Waals surface area contributed by atoms with Gasteiger partial charge in [-0.1, -0.05) is 12.2 Å². The zero-order chi connectivity index (χ0) is 7.40. The van der Waals surface area contributed by atoms with Crippen LogP contribution in [0.1, 0.15) is 12.8 Å². The minimum atomic E-state index is 0.322. The summed E-state index contributed by atoms with van der Waals surface area (Å²) in [6, 6.07) is 0. The van der Waals surface area contributed by atoms with Crippen molar-refractivity contribution >= 4 is 12.6 Å². The minimum Gasteiger partial charge on any atom is -0.512 e. The molecule has 0 saturated carbocycles. The summed E-state index contributed by atoms with van der Waals surface area (Å²) in [6.07, 6.45) is 7.66. The highest BCUT2D eigenvalue weighted by atomic mass is 32.1. The SMILES string of the molecule is OC1=CC=CCC1CCS. The lowest BCUT2D eigenvalue weighted by atomic mass is 9.96. The summed E-state index contributed by atoms with van der Waals surface area (Å²) in [4.78, 5) is 0. The number of allylic oxidation sites excluding steroid dienone is 4. The Morgan fingerprint density at radius 2 is 2.50 bits per heavy atom. The molecule has 1 unspecified atom stereocenters. The third kappa shape index (κ3) is 1.81. The average molecular weight is 156 g/mol. The monoisotopic (exact) mass is 156 g/mol. The summed E-state index contributed by atoms with van der Waals surface area (Å²) in [7, 11) is 0. The van der Waals surface area contributed by atoms with Gasteiger partial charge < -0.3 is 5.11 Å². The fourth-order valence-electron chi connectivity index (χ4n) is 1.09. The molecule has 0 saturated heterocycles. The second kappa shape index (κ2) is 3.71. The predicted octanol–water partition coefficient (Wildman–Crippen LogP) is 2.32. The molecule has 0 aromatic carbocycles. The molecule has 0 amide bonds. The highest BCUT2D eigenvalue weighted by Gasteiger charge is 2.12. The Morgan fingerprint density at radius 3 is 3.10 bits per heavy atom. The molecule has 0 bridgehead atoms. The first kappa shape index (κ1) is 7.73. The van der Waals surface area contributed by atoms with Crippen LogP contribution in [0.5, 0.6) is 0 Å². The van der Waals surface area contributed by atoms with Gasteiger partial charge in [0.15, 0.2) is 0 Å². The van der Waals surface area contributed by atoms with Gasteiger partial charge in [0, 0.05) is 5.92 Å². The van der Waals surface area contributed by atoms with E-state index >= 15 is 0 Å². The third-order valence-corrected chi connectivity index (χ3v) is 1.98. The third-order valence-electron chi connectivity index (χ3n) is 1.72. The zero-order valence-electron chi connectivity index (χ0n) is 5.83. The molecular formula is C8H12OS. The summed E-state index contributed by atoms with van der Waals surface area (Å²) in [5.41, 5.74) is 0. The van der Waals surface area contributed by atoms with Gasteiger partial charge in [0.1, 0.15) is 0 Å². The standard InChI is InChI=1S/C8H12OS/c9-8-4-2-1-3-7(8)5-6-10/h1-2,4,7,9-10H,3,5-6H2. The van der Waals surface area contributed by atoms with Gasteiger partial charge in [-0.25, -0.2) is 0 Å². The molecule has 2 heteroatoms. The minimum absolute atomic E-state index is 0.322. The quantitative estimate of drug-likeness (QED) is 0.588. The first-order valence-corrected chi connectivity index (χ1v) is 4.14. The normalized spacial score (nSPS) is 24.5. The Morgan fingerprint density at radius 1 is 1.70 bits per heavy atom.